The second-order valence-corrected chi connectivity index (χ2v) is 2.70. The average Bonchev–Trinajstić information content (AvgIpc) is 1.88. The van der Waals surface area contributed by atoms with Gasteiger partial charge in [-0.05, 0) is 6.92 Å². The molecule has 1 aliphatic rings. The zero-order valence-corrected chi connectivity index (χ0v) is 6.88. The van der Waals surface area contributed by atoms with Gasteiger partial charge in [0.2, 0.25) is 0 Å². The van der Waals surface area contributed by atoms with E-state index in [-0.39, 0.29) is 6.67 Å². The zero-order chi connectivity index (χ0) is 9.99. The highest BCUT2D eigenvalue weighted by atomic mass is 19.3. The molecular weight excluding hydrogens is 179 g/mol. The summed E-state index contributed by atoms with van der Waals surface area (Å²) in [5.41, 5.74) is 0. The van der Waals surface area contributed by atoms with Crippen molar-refractivity contribution in [3.05, 3.63) is 0 Å². The molecule has 5 heteroatoms. The van der Waals surface area contributed by atoms with Crippen molar-refractivity contribution in [1.82, 2.24) is 0 Å². The van der Waals surface area contributed by atoms with E-state index >= 15 is 0 Å². The Morgan fingerprint density at radius 3 is 1.58 bits per heavy atom. The highest BCUT2D eigenvalue weighted by Crippen LogP contribution is 2.54. The molecule has 0 bridgehead atoms. The van der Waals surface area contributed by atoms with Crippen molar-refractivity contribution < 1.29 is 22.0 Å². The lowest BCUT2D eigenvalue weighted by Gasteiger charge is -2.41. The molecule has 0 spiro atoms. The number of hydrogen-bond acceptors (Lipinski definition) is 0. The highest BCUT2D eigenvalue weighted by molar-refractivity contribution is 5.00. The van der Waals surface area contributed by atoms with Crippen LogP contribution < -0.4 is 0 Å². The summed E-state index contributed by atoms with van der Waals surface area (Å²) in [7, 11) is 0. The molecule has 1 rings (SSSR count). The molecule has 0 aromatic heterocycles. The fourth-order valence-electron chi connectivity index (χ4n) is 0.878. The summed E-state index contributed by atoms with van der Waals surface area (Å²) in [5.74, 6) is -8.66. The molecule has 1 aliphatic carbocycles. The fraction of sp³-hybridized carbons (Fsp3) is 1.00. The van der Waals surface area contributed by atoms with E-state index in [1.165, 1.54) is 6.92 Å². The largest absolute Gasteiger partial charge is 0.312 e. The number of alkyl halides is 5. The lowest BCUT2D eigenvalue weighted by molar-refractivity contribution is -0.309. The predicted octanol–water partition coefficient (Wildman–Crippen LogP) is 3.27. The summed E-state index contributed by atoms with van der Waals surface area (Å²) in [6.45, 7) is 2.33. The minimum Gasteiger partial charge on any atom is -0.251 e. The fourth-order valence-corrected chi connectivity index (χ4v) is 0.878. The molecule has 1 fully saturated rings. The maximum absolute atomic E-state index is 12.0. The quantitative estimate of drug-likeness (QED) is 0.514. The van der Waals surface area contributed by atoms with Crippen molar-refractivity contribution in [2.45, 2.75) is 32.1 Å². The molecule has 0 N–H and O–H groups in total. The highest BCUT2D eigenvalue weighted by Gasteiger charge is 2.69. The van der Waals surface area contributed by atoms with E-state index in [1.807, 2.05) is 0 Å². The zero-order valence-electron chi connectivity index (χ0n) is 6.88. The van der Waals surface area contributed by atoms with E-state index in [4.69, 9.17) is 0 Å². The second-order valence-electron chi connectivity index (χ2n) is 2.70. The van der Waals surface area contributed by atoms with E-state index in [0.29, 0.717) is 0 Å². The summed E-state index contributed by atoms with van der Waals surface area (Å²) in [6, 6.07) is 0. The van der Waals surface area contributed by atoms with Crippen LogP contribution in [0.1, 0.15) is 20.3 Å². The van der Waals surface area contributed by atoms with Crippen LogP contribution in [0.4, 0.5) is 22.0 Å². The molecule has 1 unspecified atom stereocenters. The maximum Gasteiger partial charge on any atom is 0.312 e. The number of halogens is 5. The third-order valence-electron chi connectivity index (χ3n) is 1.67. The normalized spacial score (nSPS) is 29.8. The van der Waals surface area contributed by atoms with Crippen LogP contribution in [-0.4, -0.2) is 18.5 Å². The van der Waals surface area contributed by atoms with Gasteiger partial charge in [0.1, 0.15) is 0 Å². The minimum absolute atomic E-state index is 0.250. The standard InChI is InChI=1S/C5H6F4.C2H5F/c1-3-2-4(6,7)5(3,8)9;1-2-3/h3H,2H2,1H3;2H2,1H3. The summed E-state index contributed by atoms with van der Waals surface area (Å²) < 4.78 is 57.8. The molecule has 0 nitrogen and oxygen atoms in total. The Bertz CT molecular complexity index is 143. The van der Waals surface area contributed by atoms with Gasteiger partial charge >= 0.3 is 11.8 Å². The third kappa shape index (κ3) is 1.87. The lowest BCUT2D eigenvalue weighted by atomic mass is 9.78. The van der Waals surface area contributed by atoms with Crippen LogP contribution in [0, 0.1) is 5.92 Å². The Kier molecular flexibility index (Phi) is 3.47. The van der Waals surface area contributed by atoms with Gasteiger partial charge in [-0.1, -0.05) is 6.92 Å². The lowest BCUT2D eigenvalue weighted by Crippen LogP contribution is -2.57. The summed E-state index contributed by atoms with van der Waals surface area (Å²) >= 11 is 0. The first-order chi connectivity index (χ1) is 5.29. The van der Waals surface area contributed by atoms with Crippen LogP contribution in [0.5, 0.6) is 0 Å². The number of rotatable bonds is 0. The Hall–Kier alpha value is -0.350. The van der Waals surface area contributed by atoms with Gasteiger partial charge in [-0.15, -0.1) is 0 Å². The van der Waals surface area contributed by atoms with Crippen molar-refractivity contribution in [3.63, 3.8) is 0 Å². The van der Waals surface area contributed by atoms with E-state index in [9.17, 15) is 22.0 Å². The van der Waals surface area contributed by atoms with Crippen LogP contribution in [0.3, 0.4) is 0 Å². The van der Waals surface area contributed by atoms with Gasteiger partial charge in [-0.3, -0.25) is 4.39 Å². The molecule has 0 radical (unpaired) electrons. The predicted molar refractivity (Wildman–Crippen MR) is 35.3 cm³/mol. The van der Waals surface area contributed by atoms with E-state index in [2.05, 4.69) is 0 Å². The van der Waals surface area contributed by atoms with Crippen LogP contribution in [0.15, 0.2) is 0 Å². The summed E-state index contributed by atoms with van der Waals surface area (Å²) in [6.07, 6.45) is -0.681. The Morgan fingerprint density at radius 1 is 1.25 bits per heavy atom. The molecule has 0 heterocycles. The Morgan fingerprint density at radius 2 is 1.58 bits per heavy atom. The average molecular weight is 190 g/mol. The van der Waals surface area contributed by atoms with E-state index in [1.54, 1.807) is 0 Å². The van der Waals surface area contributed by atoms with Crippen LogP contribution in [0.2, 0.25) is 0 Å². The molecule has 74 valence electrons. The van der Waals surface area contributed by atoms with Gasteiger partial charge in [0.15, 0.2) is 0 Å². The van der Waals surface area contributed by atoms with Crippen molar-refractivity contribution in [1.29, 1.82) is 0 Å². The first kappa shape index (κ1) is 11.6. The molecule has 1 atom stereocenters. The van der Waals surface area contributed by atoms with Gasteiger partial charge in [-0.2, -0.15) is 17.6 Å². The summed E-state index contributed by atoms with van der Waals surface area (Å²) in [4.78, 5) is 0. The Labute approximate surface area is 67.8 Å². The molecule has 0 amide bonds. The first-order valence-electron chi connectivity index (χ1n) is 3.61. The molecule has 1 saturated carbocycles. The molecule has 0 saturated heterocycles. The van der Waals surface area contributed by atoms with E-state index in [0.717, 1.165) is 6.92 Å². The Balaban J connectivity index is 0.000000354. The molecule has 0 aliphatic heterocycles. The molecule has 0 aromatic rings. The van der Waals surface area contributed by atoms with Gasteiger partial charge in [0.25, 0.3) is 0 Å². The van der Waals surface area contributed by atoms with Crippen molar-refractivity contribution >= 4 is 0 Å². The van der Waals surface area contributed by atoms with Gasteiger partial charge < -0.3 is 0 Å². The SMILES string of the molecule is CC1CC(F)(F)C1(F)F.CCF. The monoisotopic (exact) mass is 190 g/mol. The third-order valence-corrected chi connectivity index (χ3v) is 1.67. The first-order valence-corrected chi connectivity index (χ1v) is 3.61. The smallest absolute Gasteiger partial charge is 0.251 e. The maximum atomic E-state index is 12.0. The van der Waals surface area contributed by atoms with Gasteiger partial charge in [0, 0.05) is 12.3 Å². The van der Waals surface area contributed by atoms with Crippen molar-refractivity contribution in [2.24, 2.45) is 5.92 Å². The van der Waals surface area contributed by atoms with Crippen molar-refractivity contribution in [2.75, 3.05) is 6.67 Å². The molecule has 12 heavy (non-hydrogen) atoms. The van der Waals surface area contributed by atoms with Crippen LogP contribution in [0.25, 0.3) is 0 Å². The minimum atomic E-state index is -3.76. The summed E-state index contributed by atoms with van der Waals surface area (Å²) in [5, 5.41) is 0. The molecule has 0 aromatic carbocycles. The van der Waals surface area contributed by atoms with Crippen LogP contribution in [-0.2, 0) is 0 Å². The van der Waals surface area contributed by atoms with Gasteiger partial charge in [0.05, 0.1) is 6.67 Å². The second kappa shape index (κ2) is 3.58. The van der Waals surface area contributed by atoms with Crippen molar-refractivity contribution in [3.8, 4) is 0 Å². The number of hydrogen-bond donors (Lipinski definition) is 0. The van der Waals surface area contributed by atoms with Crippen LogP contribution >= 0.6 is 0 Å². The topological polar surface area (TPSA) is 0 Å². The molecular formula is C7H11F5. The van der Waals surface area contributed by atoms with E-state index < -0.39 is 24.2 Å². The van der Waals surface area contributed by atoms with Gasteiger partial charge in [-0.25, -0.2) is 0 Å².